The van der Waals surface area contributed by atoms with Gasteiger partial charge in [-0.1, -0.05) is 101 Å². The van der Waals surface area contributed by atoms with Gasteiger partial charge in [0.25, 0.3) is 0 Å². The minimum absolute atomic E-state index is 0.817. The van der Waals surface area contributed by atoms with Crippen molar-refractivity contribution >= 4 is 0 Å². The first-order chi connectivity index (χ1) is 15.8. The molecule has 1 aromatic rings. The van der Waals surface area contributed by atoms with Crippen LogP contribution >= 0.6 is 0 Å². The molecule has 3 rings (SSSR count). The summed E-state index contributed by atoms with van der Waals surface area (Å²) in [5.41, 5.74) is 3.05. The average Bonchev–Trinajstić information content (AvgIpc) is 2.85. The highest BCUT2D eigenvalue weighted by atomic mass is 14.3. The molecule has 2 aliphatic rings. The molecule has 174 valence electrons. The molecule has 0 saturated heterocycles. The molecule has 1 aromatic carbocycles. The second kappa shape index (κ2) is 14.4. The van der Waals surface area contributed by atoms with Crippen molar-refractivity contribution in [1.29, 1.82) is 5.26 Å². The molecule has 1 nitrogen and oxygen atoms in total. The number of nitriles is 1. The number of hydrogen-bond donors (Lipinski definition) is 0. The van der Waals surface area contributed by atoms with Crippen molar-refractivity contribution in [2.45, 2.75) is 109 Å². The van der Waals surface area contributed by atoms with E-state index in [1.807, 2.05) is 18.2 Å². The molecule has 0 heterocycles. The second-order valence-electron chi connectivity index (χ2n) is 10.5. The maximum absolute atomic E-state index is 8.49. The molecule has 32 heavy (non-hydrogen) atoms. The minimum atomic E-state index is 0.817. The van der Waals surface area contributed by atoms with E-state index in [4.69, 9.17) is 5.26 Å². The summed E-state index contributed by atoms with van der Waals surface area (Å²) in [7, 11) is 0. The van der Waals surface area contributed by atoms with Gasteiger partial charge in [-0.2, -0.15) is 5.26 Å². The summed E-state index contributed by atoms with van der Waals surface area (Å²) < 4.78 is 0. The van der Waals surface area contributed by atoms with Crippen molar-refractivity contribution in [2.75, 3.05) is 0 Å². The van der Waals surface area contributed by atoms with Gasteiger partial charge in [-0.25, -0.2) is 0 Å². The minimum Gasteiger partial charge on any atom is -0.193 e. The lowest BCUT2D eigenvalue weighted by atomic mass is 9.76. The van der Waals surface area contributed by atoms with Crippen LogP contribution < -0.4 is 0 Å². The van der Waals surface area contributed by atoms with Gasteiger partial charge in [-0.05, 0) is 79.7 Å². The van der Waals surface area contributed by atoms with E-state index in [9.17, 15) is 0 Å². The molecule has 0 radical (unpaired) electrons. The molecule has 2 aliphatic carbocycles. The lowest BCUT2D eigenvalue weighted by molar-refractivity contribution is 0.244. The van der Waals surface area contributed by atoms with Crippen LogP contribution in [0.3, 0.4) is 0 Å². The molecular formula is C31H45N. The van der Waals surface area contributed by atoms with Crippen molar-refractivity contribution in [1.82, 2.24) is 0 Å². The molecular weight excluding hydrogens is 386 g/mol. The summed E-state index contributed by atoms with van der Waals surface area (Å²) in [6, 6.07) is 11.5. The second-order valence-corrected chi connectivity index (χ2v) is 10.5. The van der Waals surface area contributed by atoms with Gasteiger partial charge in [0, 0.05) is 6.08 Å². The normalized spacial score (nSPS) is 26.5. The Kier molecular flexibility index (Phi) is 11.1. The van der Waals surface area contributed by atoms with E-state index in [2.05, 4.69) is 37.3 Å². The van der Waals surface area contributed by atoms with Crippen molar-refractivity contribution in [2.24, 2.45) is 17.8 Å². The van der Waals surface area contributed by atoms with E-state index >= 15 is 0 Å². The molecule has 2 fully saturated rings. The summed E-state index contributed by atoms with van der Waals surface area (Å²) in [5, 5.41) is 8.49. The van der Waals surface area contributed by atoms with Crippen LogP contribution in [0.5, 0.6) is 0 Å². The van der Waals surface area contributed by atoms with Gasteiger partial charge in [-0.15, -0.1) is 0 Å². The first kappa shape index (κ1) is 24.8. The third-order valence-corrected chi connectivity index (χ3v) is 8.31. The van der Waals surface area contributed by atoms with Gasteiger partial charge >= 0.3 is 0 Å². The number of hydrogen-bond acceptors (Lipinski definition) is 1. The Morgan fingerprint density at radius 3 is 1.91 bits per heavy atom. The van der Waals surface area contributed by atoms with Crippen LogP contribution in [0, 0.1) is 29.1 Å². The number of nitrogens with zero attached hydrogens (tertiary/aromatic N) is 1. The quantitative estimate of drug-likeness (QED) is 0.194. The fourth-order valence-electron chi connectivity index (χ4n) is 6.09. The average molecular weight is 432 g/mol. The van der Waals surface area contributed by atoms with E-state index in [0.717, 1.165) is 36.5 Å². The summed E-state index contributed by atoms with van der Waals surface area (Å²) in [6.07, 6.45) is 28.7. The Morgan fingerprint density at radius 1 is 0.781 bits per heavy atom. The lowest BCUT2D eigenvalue weighted by Gasteiger charge is -2.30. The number of rotatable bonds is 11. The van der Waals surface area contributed by atoms with Gasteiger partial charge in [0.05, 0.1) is 6.07 Å². The predicted molar refractivity (Wildman–Crippen MR) is 138 cm³/mol. The van der Waals surface area contributed by atoms with E-state index in [1.54, 1.807) is 11.6 Å². The maximum Gasteiger partial charge on any atom is 0.0912 e. The molecule has 0 bridgehead atoms. The van der Waals surface area contributed by atoms with Gasteiger partial charge in [0.1, 0.15) is 0 Å². The summed E-state index contributed by atoms with van der Waals surface area (Å²) in [4.78, 5) is 0. The van der Waals surface area contributed by atoms with Crippen LogP contribution in [-0.4, -0.2) is 0 Å². The van der Waals surface area contributed by atoms with E-state index in [-0.39, 0.29) is 0 Å². The van der Waals surface area contributed by atoms with Crippen LogP contribution in [0.2, 0.25) is 0 Å². The first-order valence-electron chi connectivity index (χ1n) is 13.6. The fraction of sp³-hybridized carbons (Fsp3) is 0.645. The zero-order valence-corrected chi connectivity index (χ0v) is 20.5. The lowest BCUT2D eigenvalue weighted by Crippen LogP contribution is -2.15. The first-order valence-corrected chi connectivity index (χ1v) is 13.6. The molecule has 0 atom stereocenters. The van der Waals surface area contributed by atoms with Gasteiger partial charge in [0.2, 0.25) is 0 Å². The third-order valence-electron chi connectivity index (χ3n) is 8.31. The highest BCUT2D eigenvalue weighted by Crippen LogP contribution is 2.38. The largest absolute Gasteiger partial charge is 0.193 e. The third kappa shape index (κ3) is 8.61. The molecule has 2 saturated carbocycles. The molecule has 0 unspecified atom stereocenters. The van der Waals surface area contributed by atoms with E-state index in [1.165, 1.54) is 89.0 Å². The Hall–Kier alpha value is -1.81. The predicted octanol–water partition coefficient (Wildman–Crippen LogP) is 9.31. The van der Waals surface area contributed by atoms with Crippen LogP contribution in [0.15, 0.2) is 48.6 Å². The Morgan fingerprint density at radius 2 is 1.34 bits per heavy atom. The van der Waals surface area contributed by atoms with Gasteiger partial charge < -0.3 is 0 Å². The van der Waals surface area contributed by atoms with Crippen LogP contribution in [0.1, 0.15) is 114 Å². The molecule has 0 aliphatic heterocycles. The topological polar surface area (TPSA) is 23.8 Å². The van der Waals surface area contributed by atoms with Crippen molar-refractivity contribution < 1.29 is 0 Å². The number of aryl methyl sites for hydroxylation is 1. The van der Waals surface area contributed by atoms with Gasteiger partial charge in [-0.3, -0.25) is 0 Å². The van der Waals surface area contributed by atoms with Crippen molar-refractivity contribution in [3.63, 3.8) is 0 Å². The zero-order valence-electron chi connectivity index (χ0n) is 20.5. The highest BCUT2D eigenvalue weighted by molar-refractivity contribution is 5.25. The van der Waals surface area contributed by atoms with Crippen molar-refractivity contribution in [3.8, 4) is 6.07 Å². The Balaban J connectivity index is 1.21. The molecule has 0 spiro atoms. The Bertz CT molecular complexity index is 719. The summed E-state index contributed by atoms with van der Waals surface area (Å²) in [6.45, 7) is 2.24. The molecule has 0 aromatic heterocycles. The highest BCUT2D eigenvalue weighted by Gasteiger charge is 2.23. The zero-order chi connectivity index (χ0) is 22.4. The number of unbranched alkanes of at least 4 members (excludes halogenated alkanes) is 1. The molecule has 0 amide bonds. The summed E-state index contributed by atoms with van der Waals surface area (Å²) in [5.74, 6) is 3.75. The van der Waals surface area contributed by atoms with Crippen LogP contribution in [0.4, 0.5) is 0 Å². The maximum atomic E-state index is 8.49. The summed E-state index contributed by atoms with van der Waals surface area (Å²) >= 11 is 0. The van der Waals surface area contributed by atoms with E-state index < -0.39 is 0 Å². The van der Waals surface area contributed by atoms with E-state index in [0.29, 0.717) is 0 Å². The van der Waals surface area contributed by atoms with Gasteiger partial charge in [0.15, 0.2) is 0 Å². The SMILES string of the molecule is CCc1ccc([C@H]2CC[C@H](CCCC[C@H]3CC[C@H](CC/C=C/C=C/C#N)CC3)CC2)cc1. The molecule has 0 N–H and O–H groups in total. The smallest absolute Gasteiger partial charge is 0.0912 e. The number of benzene rings is 1. The fourth-order valence-corrected chi connectivity index (χ4v) is 6.09. The standard InChI is InChI=1S/C31H45N/c1-2-26-17-21-30(22-18-26)31-23-19-29(20-24-31)12-8-7-11-28-15-13-27(14-16-28)10-6-4-3-5-9-25-32/h3-5,9,17-18,21-22,27-29,31H,2,6-8,10-16,19-20,23-24H2,1H3/b4-3+,9-5+/t27-,28-,29-,31-. The van der Waals surface area contributed by atoms with Crippen molar-refractivity contribution in [3.05, 3.63) is 59.7 Å². The van der Waals surface area contributed by atoms with Crippen LogP contribution in [0.25, 0.3) is 0 Å². The monoisotopic (exact) mass is 431 g/mol. The number of allylic oxidation sites excluding steroid dienone is 4. The Labute approximate surface area is 198 Å². The molecule has 1 heteroatoms. The van der Waals surface area contributed by atoms with Crippen LogP contribution in [-0.2, 0) is 6.42 Å².